The second-order valence-electron chi connectivity index (χ2n) is 15.4. The minimum Gasteiger partial charge on any atom is -0.398 e. The zero-order valence-electron chi connectivity index (χ0n) is 30.1. The molecule has 2 aromatic rings. The number of halogens is 6. The van der Waals surface area contributed by atoms with E-state index in [1.165, 1.54) is 0 Å². The Kier molecular flexibility index (Phi) is 10.8. The number of alkyl halides is 6. The number of carbonyl (C=O) groups excluding carboxylic acids is 3. The molecule has 5 saturated heterocycles. The second kappa shape index (κ2) is 15.2. The van der Waals surface area contributed by atoms with Gasteiger partial charge in [-0.3, -0.25) is 14.5 Å². The first-order valence-corrected chi connectivity index (χ1v) is 18.9. The molecule has 16 heteroatoms. The van der Waals surface area contributed by atoms with Crippen LogP contribution in [0.1, 0.15) is 54.4 Å². The number of anilines is 2. The number of hydrogen-bond donors (Lipinski definition) is 2. The standard InChI is InChI=1S/C38H47F6N7O3/c39-37(40,41)29-20-24(21-30(34(29)45)38(42,43)44)19-27(35(53)50-17-15-48(16-18-50)32-23-47-10-5-26(32)6-11-47)22-33(52)49-12-8-28(9-13-49)51-14-7-25-3-1-2-4-31(25)46-36(51)54/h1-4,20-21,26-28,32H,5-19,22-23,45H2,(H,46,54)/t27-,32?/m0/s1. The van der Waals surface area contributed by atoms with Gasteiger partial charge in [-0.2, -0.15) is 26.3 Å². The van der Waals surface area contributed by atoms with E-state index in [2.05, 4.69) is 15.1 Å². The number of nitrogens with one attached hydrogen (secondary N) is 1. The van der Waals surface area contributed by atoms with Crippen LogP contribution in [0.3, 0.4) is 0 Å². The topological polar surface area (TPSA) is 105 Å². The summed E-state index contributed by atoms with van der Waals surface area (Å²) in [5.41, 5.74) is 2.15. The lowest BCUT2D eigenvalue weighted by Gasteiger charge is -2.51. The number of hydrogen-bond acceptors (Lipinski definition) is 6. The van der Waals surface area contributed by atoms with Gasteiger partial charge in [0.05, 0.1) is 22.7 Å². The van der Waals surface area contributed by atoms with Crippen LogP contribution in [0, 0.1) is 11.8 Å². The van der Waals surface area contributed by atoms with Gasteiger partial charge in [0.2, 0.25) is 11.8 Å². The summed E-state index contributed by atoms with van der Waals surface area (Å²) in [7, 11) is 0. The first-order valence-electron chi connectivity index (χ1n) is 18.9. The average Bonchev–Trinajstić information content (AvgIpc) is 3.32. The molecule has 6 aliphatic heterocycles. The van der Waals surface area contributed by atoms with Crippen molar-refractivity contribution in [2.75, 3.05) is 76.5 Å². The number of urea groups is 1. The van der Waals surface area contributed by atoms with Crippen LogP contribution < -0.4 is 11.1 Å². The van der Waals surface area contributed by atoms with E-state index in [9.17, 15) is 40.7 Å². The lowest BCUT2D eigenvalue weighted by atomic mass is 9.83. The molecule has 2 aromatic carbocycles. The predicted molar refractivity (Wildman–Crippen MR) is 189 cm³/mol. The van der Waals surface area contributed by atoms with Gasteiger partial charge < -0.3 is 30.7 Å². The van der Waals surface area contributed by atoms with E-state index in [0.29, 0.717) is 76.1 Å². The van der Waals surface area contributed by atoms with Gasteiger partial charge in [0.25, 0.3) is 0 Å². The maximum absolute atomic E-state index is 14.2. The van der Waals surface area contributed by atoms with Crippen molar-refractivity contribution < 1.29 is 40.7 Å². The van der Waals surface area contributed by atoms with Gasteiger partial charge in [-0.15, -0.1) is 0 Å². The number of para-hydroxylation sites is 1. The number of carbonyl (C=O) groups is 3. The van der Waals surface area contributed by atoms with Crippen LogP contribution in [0.4, 0.5) is 42.5 Å². The van der Waals surface area contributed by atoms with Crippen molar-refractivity contribution in [1.29, 1.82) is 0 Å². The van der Waals surface area contributed by atoms with E-state index >= 15 is 0 Å². The number of rotatable bonds is 7. The smallest absolute Gasteiger partial charge is 0.398 e. The Morgan fingerprint density at radius 1 is 0.815 bits per heavy atom. The van der Waals surface area contributed by atoms with Gasteiger partial charge in [-0.05, 0) is 86.9 Å². The zero-order valence-corrected chi connectivity index (χ0v) is 30.1. The third-order valence-corrected chi connectivity index (χ3v) is 12.2. The summed E-state index contributed by atoms with van der Waals surface area (Å²) in [6.45, 7) is 6.14. The number of amides is 4. The summed E-state index contributed by atoms with van der Waals surface area (Å²) in [4.78, 5) is 50.9. The number of fused-ring (bicyclic) bond motifs is 4. The van der Waals surface area contributed by atoms with E-state index in [-0.39, 0.29) is 37.1 Å². The molecule has 0 aromatic heterocycles. The zero-order chi connectivity index (χ0) is 38.4. The minimum absolute atomic E-state index is 0.135. The average molecular weight is 764 g/mol. The molecule has 0 spiro atoms. The Bertz CT molecular complexity index is 1680. The van der Waals surface area contributed by atoms with Crippen LogP contribution >= 0.6 is 0 Å². The molecule has 6 heterocycles. The fraction of sp³-hybridized carbons (Fsp3) is 0.605. The molecule has 2 atom stereocenters. The monoisotopic (exact) mass is 763 g/mol. The van der Waals surface area contributed by atoms with Crippen molar-refractivity contribution in [3.8, 4) is 0 Å². The molecular formula is C38H47F6N7O3. The first-order chi connectivity index (χ1) is 25.7. The molecule has 0 saturated carbocycles. The summed E-state index contributed by atoms with van der Waals surface area (Å²) in [6, 6.07) is 8.76. The van der Waals surface area contributed by atoms with Gasteiger partial charge in [0.15, 0.2) is 0 Å². The number of piperidine rings is 4. The summed E-state index contributed by atoms with van der Waals surface area (Å²) < 4.78 is 83.7. The van der Waals surface area contributed by atoms with Gasteiger partial charge in [-0.25, -0.2) is 4.79 Å². The molecule has 1 unspecified atom stereocenters. The van der Waals surface area contributed by atoms with Crippen molar-refractivity contribution in [1.82, 2.24) is 24.5 Å². The molecule has 54 heavy (non-hydrogen) atoms. The van der Waals surface area contributed by atoms with Gasteiger partial charge >= 0.3 is 18.4 Å². The highest BCUT2D eigenvalue weighted by atomic mass is 19.4. The Balaban J connectivity index is 1.06. The Labute approximate surface area is 310 Å². The predicted octanol–water partition coefficient (Wildman–Crippen LogP) is 5.17. The van der Waals surface area contributed by atoms with Crippen molar-refractivity contribution in [3.63, 3.8) is 0 Å². The summed E-state index contributed by atoms with van der Waals surface area (Å²) in [5.74, 6) is -1.48. The quantitative estimate of drug-likeness (QED) is 0.298. The molecule has 0 radical (unpaired) electrons. The lowest BCUT2D eigenvalue weighted by Crippen LogP contribution is -2.61. The molecule has 0 aliphatic carbocycles. The number of piperazine rings is 1. The van der Waals surface area contributed by atoms with E-state index in [0.717, 1.165) is 43.7 Å². The molecule has 10 nitrogen and oxygen atoms in total. The normalized spacial score (nSPS) is 24.9. The molecule has 2 bridgehead atoms. The van der Waals surface area contributed by atoms with Crippen LogP contribution in [0.15, 0.2) is 36.4 Å². The maximum Gasteiger partial charge on any atom is 0.418 e. The third kappa shape index (κ3) is 8.14. The highest BCUT2D eigenvalue weighted by Gasteiger charge is 2.43. The minimum atomic E-state index is -5.17. The van der Waals surface area contributed by atoms with Crippen molar-refractivity contribution >= 4 is 29.2 Å². The Hall–Kier alpha value is -4.05. The largest absolute Gasteiger partial charge is 0.418 e. The molecule has 294 valence electrons. The summed E-state index contributed by atoms with van der Waals surface area (Å²) >= 11 is 0. The first kappa shape index (κ1) is 38.2. The van der Waals surface area contributed by atoms with E-state index in [4.69, 9.17) is 5.73 Å². The van der Waals surface area contributed by atoms with Crippen LogP contribution in [0.2, 0.25) is 0 Å². The van der Waals surface area contributed by atoms with Gasteiger partial charge in [0.1, 0.15) is 0 Å². The van der Waals surface area contributed by atoms with Crippen molar-refractivity contribution in [3.05, 3.63) is 58.7 Å². The SMILES string of the molecule is Nc1c(C(F)(F)F)cc(C[C@@H](CC(=O)N2CCC(N3CCc4ccccc4NC3=O)CC2)C(=O)N2CCN(C3CN4CCC3CC4)CC2)cc1C(F)(F)F. The highest BCUT2D eigenvalue weighted by molar-refractivity contribution is 5.91. The summed E-state index contributed by atoms with van der Waals surface area (Å²) in [5, 5.41) is 2.97. The maximum atomic E-state index is 14.2. The molecule has 5 fully saturated rings. The molecule has 8 rings (SSSR count). The number of nitrogens with two attached hydrogens (primary N) is 1. The van der Waals surface area contributed by atoms with Crippen molar-refractivity contribution in [2.24, 2.45) is 11.8 Å². The molecule has 6 aliphatic rings. The van der Waals surface area contributed by atoms with Gasteiger partial charge in [-0.1, -0.05) is 18.2 Å². The summed E-state index contributed by atoms with van der Waals surface area (Å²) in [6.07, 6.45) is -7.31. The third-order valence-electron chi connectivity index (χ3n) is 12.2. The molecular weight excluding hydrogens is 716 g/mol. The fourth-order valence-electron chi connectivity index (χ4n) is 9.22. The van der Waals surface area contributed by atoms with Crippen LogP contribution in [-0.2, 0) is 34.8 Å². The fourth-order valence-corrected chi connectivity index (χ4v) is 9.22. The van der Waals surface area contributed by atoms with Crippen LogP contribution in [-0.4, -0.2) is 120 Å². The highest BCUT2D eigenvalue weighted by Crippen LogP contribution is 2.42. The van der Waals surface area contributed by atoms with E-state index in [1.807, 2.05) is 24.3 Å². The lowest BCUT2D eigenvalue weighted by molar-refractivity contribution is -0.144. The number of benzene rings is 2. The Morgan fingerprint density at radius 3 is 2.04 bits per heavy atom. The van der Waals surface area contributed by atoms with Crippen LogP contribution in [0.5, 0.6) is 0 Å². The Morgan fingerprint density at radius 2 is 1.44 bits per heavy atom. The van der Waals surface area contributed by atoms with Crippen LogP contribution in [0.25, 0.3) is 0 Å². The molecule has 3 N–H and O–H groups in total. The number of nitrogens with zero attached hydrogens (tertiary/aromatic N) is 5. The number of likely N-dealkylation sites (tertiary alicyclic amines) is 1. The van der Waals surface area contributed by atoms with E-state index < -0.39 is 53.3 Å². The van der Waals surface area contributed by atoms with E-state index in [1.54, 1.807) is 14.7 Å². The van der Waals surface area contributed by atoms with Crippen molar-refractivity contribution in [2.45, 2.75) is 69.4 Å². The van der Waals surface area contributed by atoms with Gasteiger partial charge in [0, 0.05) is 76.5 Å². The second-order valence-corrected chi connectivity index (χ2v) is 15.4. The molecule has 4 amide bonds. The number of nitrogen functional groups attached to an aromatic ring is 1.